The molecule has 0 amide bonds. The maximum Gasteiger partial charge on any atom is 0.494 e. The van der Waals surface area contributed by atoms with E-state index < -0.39 is 23.7 Å². The molecule has 7 rings (SSSR count). The highest BCUT2D eigenvalue weighted by atomic mass is 16.7. The van der Waals surface area contributed by atoms with Crippen molar-refractivity contribution in [1.82, 2.24) is 9.97 Å². The molecule has 0 spiro atoms. The van der Waals surface area contributed by atoms with Crippen LogP contribution < -0.4 is 5.46 Å². The molecular formula is C33H29BN2O2. The van der Waals surface area contributed by atoms with Crippen LogP contribution in [0.3, 0.4) is 0 Å². The molecule has 1 unspecified atom stereocenters. The van der Waals surface area contributed by atoms with E-state index in [4.69, 9.17) is 14.3 Å². The van der Waals surface area contributed by atoms with Gasteiger partial charge in [-0.1, -0.05) is 72.8 Å². The maximum absolute atomic E-state index is 6.48. The first-order valence-electron chi connectivity index (χ1n) is 13.2. The van der Waals surface area contributed by atoms with Crippen LogP contribution in [0.1, 0.15) is 50.1 Å². The fourth-order valence-electron chi connectivity index (χ4n) is 6.01. The predicted octanol–water partition coefficient (Wildman–Crippen LogP) is 6.29. The van der Waals surface area contributed by atoms with Crippen LogP contribution in [0.2, 0.25) is 0 Å². The SMILES string of the molecule is CC1(C)OB(c2ccc3c(c2)C(c2ccccc2)(c2ccc4ncccc4n2)c2ccccc2-3)OC1(C)C. The molecule has 0 N–H and O–H groups in total. The number of fused-ring (bicyclic) bond motifs is 4. The number of hydrogen-bond donors (Lipinski definition) is 0. The number of rotatable bonds is 3. The van der Waals surface area contributed by atoms with Gasteiger partial charge in [-0.25, -0.2) is 4.98 Å². The van der Waals surface area contributed by atoms with Crippen molar-refractivity contribution in [2.45, 2.75) is 44.3 Å². The minimum Gasteiger partial charge on any atom is -0.399 e. The van der Waals surface area contributed by atoms with E-state index in [1.54, 1.807) is 0 Å². The first kappa shape index (κ1) is 23.3. The number of pyridine rings is 2. The Morgan fingerprint density at radius 2 is 1.34 bits per heavy atom. The first-order valence-corrected chi connectivity index (χ1v) is 13.2. The normalized spacial score (nSPS) is 20.9. The Morgan fingerprint density at radius 1 is 0.632 bits per heavy atom. The summed E-state index contributed by atoms with van der Waals surface area (Å²) in [6.07, 6.45) is 1.81. The van der Waals surface area contributed by atoms with E-state index in [1.807, 2.05) is 18.3 Å². The summed E-state index contributed by atoms with van der Waals surface area (Å²) in [5.41, 5.74) is 8.34. The molecule has 1 fully saturated rings. The number of aromatic nitrogens is 2. The van der Waals surface area contributed by atoms with Crippen molar-refractivity contribution in [3.8, 4) is 11.1 Å². The third kappa shape index (κ3) is 3.19. The van der Waals surface area contributed by atoms with Crippen molar-refractivity contribution >= 4 is 23.6 Å². The first-order chi connectivity index (χ1) is 18.3. The smallest absolute Gasteiger partial charge is 0.399 e. The summed E-state index contributed by atoms with van der Waals surface area (Å²) < 4.78 is 13.0. The number of nitrogens with zero attached hydrogens (tertiary/aromatic N) is 2. The van der Waals surface area contributed by atoms with Gasteiger partial charge >= 0.3 is 7.12 Å². The Balaban J connectivity index is 1.53. The minimum absolute atomic E-state index is 0.414. The quantitative estimate of drug-likeness (QED) is 0.270. The van der Waals surface area contributed by atoms with E-state index in [-0.39, 0.29) is 0 Å². The van der Waals surface area contributed by atoms with Gasteiger partial charge in [-0.2, -0.15) is 0 Å². The Labute approximate surface area is 223 Å². The molecule has 4 nitrogen and oxygen atoms in total. The van der Waals surface area contributed by atoms with Crippen molar-refractivity contribution in [2.24, 2.45) is 0 Å². The molecule has 1 aliphatic carbocycles. The van der Waals surface area contributed by atoms with Crippen LogP contribution in [0.4, 0.5) is 0 Å². The summed E-state index contributed by atoms with van der Waals surface area (Å²) in [5.74, 6) is 0. The molecule has 0 saturated carbocycles. The molecule has 1 saturated heterocycles. The lowest BCUT2D eigenvalue weighted by Gasteiger charge is -2.33. The lowest BCUT2D eigenvalue weighted by atomic mass is 9.68. The third-order valence-corrected chi connectivity index (χ3v) is 8.64. The maximum atomic E-state index is 6.48. The molecule has 0 radical (unpaired) electrons. The number of hydrogen-bond acceptors (Lipinski definition) is 4. The van der Waals surface area contributed by atoms with E-state index in [0.717, 1.165) is 22.2 Å². The topological polar surface area (TPSA) is 44.2 Å². The molecule has 186 valence electrons. The monoisotopic (exact) mass is 496 g/mol. The van der Waals surface area contributed by atoms with Crippen LogP contribution in [0.5, 0.6) is 0 Å². The molecule has 0 bridgehead atoms. The number of benzene rings is 3. The fraction of sp³-hybridized carbons (Fsp3) is 0.212. The zero-order valence-corrected chi connectivity index (χ0v) is 22.1. The summed E-state index contributed by atoms with van der Waals surface area (Å²) in [5, 5.41) is 0. The van der Waals surface area contributed by atoms with Crippen LogP contribution >= 0.6 is 0 Å². The molecule has 2 aliphatic rings. The predicted molar refractivity (Wildman–Crippen MR) is 153 cm³/mol. The van der Waals surface area contributed by atoms with Gasteiger partial charge in [0.15, 0.2) is 0 Å². The van der Waals surface area contributed by atoms with Crippen molar-refractivity contribution in [1.29, 1.82) is 0 Å². The average Bonchev–Trinajstić information content (AvgIpc) is 3.35. The van der Waals surface area contributed by atoms with Gasteiger partial charge in [0.05, 0.1) is 33.3 Å². The van der Waals surface area contributed by atoms with Gasteiger partial charge in [-0.3, -0.25) is 4.98 Å². The summed E-state index contributed by atoms with van der Waals surface area (Å²) in [7, 11) is -0.448. The van der Waals surface area contributed by atoms with Crippen LogP contribution in [0.25, 0.3) is 22.2 Å². The molecule has 3 heterocycles. The Kier molecular flexibility index (Phi) is 4.97. The summed E-state index contributed by atoms with van der Waals surface area (Å²) in [6.45, 7) is 8.38. The molecular weight excluding hydrogens is 467 g/mol. The fourth-order valence-corrected chi connectivity index (χ4v) is 6.01. The largest absolute Gasteiger partial charge is 0.494 e. The van der Waals surface area contributed by atoms with Crippen molar-refractivity contribution < 1.29 is 9.31 Å². The summed E-state index contributed by atoms with van der Waals surface area (Å²) in [6, 6.07) is 34.3. The van der Waals surface area contributed by atoms with Gasteiger partial charge < -0.3 is 9.31 Å². The Morgan fingerprint density at radius 3 is 2.13 bits per heavy atom. The van der Waals surface area contributed by atoms with Crippen LogP contribution in [0.15, 0.2) is 103 Å². The van der Waals surface area contributed by atoms with Gasteiger partial charge in [-0.05, 0) is 85.2 Å². The highest BCUT2D eigenvalue weighted by Gasteiger charge is 2.53. The van der Waals surface area contributed by atoms with Gasteiger partial charge in [0.2, 0.25) is 0 Å². The van der Waals surface area contributed by atoms with Gasteiger partial charge in [0.25, 0.3) is 0 Å². The molecule has 2 aromatic heterocycles. The lowest BCUT2D eigenvalue weighted by molar-refractivity contribution is 0.00578. The van der Waals surface area contributed by atoms with Crippen molar-refractivity contribution in [2.75, 3.05) is 0 Å². The molecule has 3 aromatic carbocycles. The van der Waals surface area contributed by atoms with Crippen molar-refractivity contribution in [3.05, 3.63) is 126 Å². The minimum atomic E-state index is -0.600. The van der Waals surface area contributed by atoms with Gasteiger partial charge in [0, 0.05) is 6.20 Å². The summed E-state index contributed by atoms with van der Waals surface area (Å²) >= 11 is 0. The molecule has 5 aromatic rings. The van der Waals surface area contributed by atoms with Gasteiger partial charge in [0.1, 0.15) is 0 Å². The van der Waals surface area contributed by atoms with Crippen LogP contribution in [-0.4, -0.2) is 28.3 Å². The standard InChI is InChI=1S/C33H29BN2O2/c1-31(2)32(3,4)38-34(37-31)23-16-17-25-24-13-8-9-14-26(24)33(27(25)21-23,22-11-6-5-7-12-22)30-19-18-28-29(36-30)15-10-20-35-28/h5-21H,1-4H3. The average molecular weight is 496 g/mol. The molecule has 5 heteroatoms. The zero-order valence-electron chi connectivity index (χ0n) is 22.1. The highest BCUT2D eigenvalue weighted by Crippen LogP contribution is 2.55. The van der Waals surface area contributed by atoms with Crippen LogP contribution in [0, 0.1) is 0 Å². The van der Waals surface area contributed by atoms with E-state index in [1.165, 1.54) is 27.8 Å². The Hall–Kier alpha value is -3.80. The zero-order chi connectivity index (χ0) is 26.1. The lowest BCUT2D eigenvalue weighted by Crippen LogP contribution is -2.41. The van der Waals surface area contributed by atoms with Crippen molar-refractivity contribution in [3.63, 3.8) is 0 Å². The van der Waals surface area contributed by atoms with E-state index in [0.29, 0.717) is 0 Å². The second-order valence-electron chi connectivity index (χ2n) is 11.3. The van der Waals surface area contributed by atoms with Gasteiger partial charge in [-0.15, -0.1) is 0 Å². The third-order valence-electron chi connectivity index (χ3n) is 8.64. The highest BCUT2D eigenvalue weighted by molar-refractivity contribution is 6.62. The Bertz CT molecular complexity index is 1680. The molecule has 1 aliphatic heterocycles. The second kappa shape index (κ2) is 8.10. The van der Waals surface area contributed by atoms with E-state index >= 15 is 0 Å². The second-order valence-corrected chi connectivity index (χ2v) is 11.3. The van der Waals surface area contributed by atoms with E-state index in [9.17, 15) is 0 Å². The molecule has 1 atom stereocenters. The summed E-state index contributed by atoms with van der Waals surface area (Å²) in [4.78, 5) is 9.78. The molecule has 38 heavy (non-hydrogen) atoms. The van der Waals surface area contributed by atoms with E-state index in [2.05, 4.69) is 118 Å². The van der Waals surface area contributed by atoms with Crippen LogP contribution in [-0.2, 0) is 14.7 Å².